The number of fused-ring (bicyclic) bond motifs is 3. The number of nitro groups is 2. The van der Waals surface area contributed by atoms with E-state index in [9.17, 15) is 20.2 Å². The standard InChI is InChI=1S/C47H44N2O6/c1-45(2,3)33-11-7-31(8-12-33)29-54-39-21-15-35(16-22-39)47(36-17-23-40(24-18-36)55-30-32-9-13-34(14-10-32)46(4,5)6)43-27-37(48(50)51)19-25-41(43)42-26-20-38(49(52)53)28-44(42)47/h7-28H,29-30H2,1-6H3. The summed E-state index contributed by atoms with van der Waals surface area (Å²) in [6, 6.07) is 41.8. The molecule has 0 heterocycles. The number of benzene rings is 6. The zero-order chi connectivity index (χ0) is 39.1. The van der Waals surface area contributed by atoms with Gasteiger partial charge in [-0.1, -0.05) is 114 Å². The molecule has 8 heteroatoms. The quantitative estimate of drug-likeness (QED) is 0.102. The van der Waals surface area contributed by atoms with Gasteiger partial charge in [0.15, 0.2) is 0 Å². The molecule has 0 aliphatic heterocycles. The molecule has 0 atom stereocenters. The summed E-state index contributed by atoms with van der Waals surface area (Å²) >= 11 is 0. The minimum atomic E-state index is -1.13. The van der Waals surface area contributed by atoms with Gasteiger partial charge in [-0.05, 0) is 103 Å². The zero-order valence-corrected chi connectivity index (χ0v) is 32.0. The van der Waals surface area contributed by atoms with Gasteiger partial charge >= 0.3 is 0 Å². The van der Waals surface area contributed by atoms with Crippen molar-refractivity contribution in [1.82, 2.24) is 0 Å². The van der Waals surface area contributed by atoms with Gasteiger partial charge in [-0.15, -0.1) is 0 Å². The molecular formula is C47H44N2O6. The van der Waals surface area contributed by atoms with Gasteiger partial charge in [0.1, 0.15) is 24.7 Å². The van der Waals surface area contributed by atoms with Crippen molar-refractivity contribution in [2.75, 3.05) is 0 Å². The third-order valence-corrected chi connectivity index (χ3v) is 10.6. The first kappa shape index (κ1) is 37.1. The zero-order valence-electron chi connectivity index (χ0n) is 32.0. The normalized spacial score (nSPS) is 13.1. The Kier molecular flexibility index (Phi) is 9.55. The summed E-state index contributed by atoms with van der Waals surface area (Å²) in [7, 11) is 0. The van der Waals surface area contributed by atoms with Gasteiger partial charge in [0.25, 0.3) is 11.4 Å². The number of rotatable bonds is 10. The molecule has 55 heavy (non-hydrogen) atoms. The second-order valence-corrected chi connectivity index (χ2v) is 16.2. The first-order valence-corrected chi connectivity index (χ1v) is 18.4. The molecule has 6 aromatic carbocycles. The van der Waals surface area contributed by atoms with Gasteiger partial charge in [-0.25, -0.2) is 0 Å². The Labute approximate surface area is 321 Å². The number of nitro benzene ring substituents is 2. The maximum atomic E-state index is 12.2. The maximum Gasteiger partial charge on any atom is 0.269 e. The lowest BCUT2D eigenvalue weighted by atomic mass is 9.67. The molecule has 0 N–H and O–H groups in total. The third kappa shape index (κ3) is 7.20. The molecule has 278 valence electrons. The van der Waals surface area contributed by atoms with Crippen LogP contribution >= 0.6 is 0 Å². The van der Waals surface area contributed by atoms with Crippen LogP contribution < -0.4 is 9.47 Å². The molecule has 0 radical (unpaired) electrons. The van der Waals surface area contributed by atoms with Crippen LogP contribution in [-0.2, 0) is 29.5 Å². The van der Waals surface area contributed by atoms with Gasteiger partial charge in [0.05, 0.1) is 15.3 Å². The van der Waals surface area contributed by atoms with E-state index in [0.717, 1.165) is 33.4 Å². The Morgan fingerprint density at radius 2 is 0.836 bits per heavy atom. The average molecular weight is 733 g/mol. The second kappa shape index (κ2) is 14.2. The minimum Gasteiger partial charge on any atom is -0.489 e. The third-order valence-electron chi connectivity index (χ3n) is 10.6. The molecular weight excluding hydrogens is 689 g/mol. The highest BCUT2D eigenvalue weighted by Crippen LogP contribution is 2.57. The molecule has 0 unspecified atom stereocenters. The molecule has 0 aromatic heterocycles. The van der Waals surface area contributed by atoms with E-state index in [-0.39, 0.29) is 22.2 Å². The summed E-state index contributed by atoms with van der Waals surface area (Å²) in [6.07, 6.45) is 0. The van der Waals surface area contributed by atoms with E-state index in [4.69, 9.17) is 9.47 Å². The maximum absolute atomic E-state index is 12.2. The molecule has 0 saturated carbocycles. The van der Waals surface area contributed by atoms with Crippen molar-refractivity contribution < 1.29 is 19.3 Å². The predicted octanol–water partition coefficient (Wildman–Crippen LogP) is 11.6. The summed E-state index contributed by atoms with van der Waals surface area (Å²) < 4.78 is 12.4. The smallest absolute Gasteiger partial charge is 0.269 e. The van der Waals surface area contributed by atoms with Crippen molar-refractivity contribution in [3.05, 3.63) is 198 Å². The van der Waals surface area contributed by atoms with Crippen LogP contribution in [0.25, 0.3) is 11.1 Å². The Balaban J connectivity index is 1.28. The van der Waals surface area contributed by atoms with E-state index in [2.05, 4.69) is 90.1 Å². The number of hydrogen-bond acceptors (Lipinski definition) is 6. The highest BCUT2D eigenvalue weighted by molar-refractivity contribution is 5.88. The molecule has 8 nitrogen and oxygen atoms in total. The van der Waals surface area contributed by atoms with Gasteiger partial charge in [-0.3, -0.25) is 20.2 Å². The van der Waals surface area contributed by atoms with E-state index >= 15 is 0 Å². The summed E-state index contributed by atoms with van der Waals surface area (Å²) in [4.78, 5) is 23.6. The number of nitrogens with zero attached hydrogens (tertiary/aromatic N) is 2. The monoisotopic (exact) mass is 732 g/mol. The largest absolute Gasteiger partial charge is 0.489 e. The van der Waals surface area contributed by atoms with Crippen molar-refractivity contribution in [2.45, 2.75) is 71.0 Å². The van der Waals surface area contributed by atoms with E-state index < -0.39 is 15.3 Å². The lowest BCUT2D eigenvalue weighted by molar-refractivity contribution is -0.385. The second-order valence-electron chi connectivity index (χ2n) is 16.2. The molecule has 0 amide bonds. The van der Waals surface area contributed by atoms with Crippen molar-refractivity contribution in [2.24, 2.45) is 0 Å². The van der Waals surface area contributed by atoms with Crippen LogP contribution in [0.2, 0.25) is 0 Å². The minimum absolute atomic E-state index is 0.0514. The summed E-state index contributed by atoms with van der Waals surface area (Å²) in [5.41, 5.74) is 7.83. The summed E-state index contributed by atoms with van der Waals surface area (Å²) in [5.74, 6) is 1.30. The number of hydrogen-bond donors (Lipinski definition) is 0. The highest BCUT2D eigenvalue weighted by Gasteiger charge is 2.47. The van der Waals surface area contributed by atoms with E-state index in [1.807, 2.05) is 48.5 Å². The van der Waals surface area contributed by atoms with Crippen molar-refractivity contribution in [1.29, 1.82) is 0 Å². The predicted molar refractivity (Wildman–Crippen MR) is 216 cm³/mol. The van der Waals surface area contributed by atoms with Crippen LogP contribution in [0.4, 0.5) is 11.4 Å². The van der Waals surface area contributed by atoms with Crippen molar-refractivity contribution in [3.63, 3.8) is 0 Å². The van der Waals surface area contributed by atoms with Crippen LogP contribution in [-0.4, -0.2) is 9.85 Å². The fourth-order valence-corrected chi connectivity index (χ4v) is 7.45. The molecule has 7 rings (SSSR count). The molecule has 0 fully saturated rings. The van der Waals surface area contributed by atoms with Crippen LogP contribution in [0.15, 0.2) is 133 Å². The highest BCUT2D eigenvalue weighted by atomic mass is 16.6. The fourth-order valence-electron chi connectivity index (χ4n) is 7.45. The lowest BCUT2D eigenvalue weighted by Gasteiger charge is -2.33. The van der Waals surface area contributed by atoms with Crippen LogP contribution in [0.5, 0.6) is 11.5 Å². The fraction of sp³-hybridized carbons (Fsp3) is 0.234. The topological polar surface area (TPSA) is 105 Å². The number of ether oxygens (including phenoxy) is 2. The van der Waals surface area contributed by atoms with Crippen molar-refractivity contribution in [3.8, 4) is 22.6 Å². The Bertz CT molecular complexity index is 2200. The molecule has 6 aromatic rings. The Morgan fingerprint density at radius 1 is 0.491 bits per heavy atom. The molecule has 0 bridgehead atoms. The van der Waals surface area contributed by atoms with Gasteiger partial charge in [0, 0.05) is 24.3 Å². The van der Waals surface area contributed by atoms with Gasteiger partial charge in [-0.2, -0.15) is 0 Å². The average Bonchev–Trinajstić information content (AvgIpc) is 3.46. The molecule has 1 aliphatic carbocycles. The molecule has 0 saturated heterocycles. The molecule has 0 spiro atoms. The van der Waals surface area contributed by atoms with E-state index in [1.54, 1.807) is 24.3 Å². The first-order chi connectivity index (χ1) is 26.1. The Hall–Kier alpha value is -6.28. The van der Waals surface area contributed by atoms with Gasteiger partial charge < -0.3 is 9.47 Å². The van der Waals surface area contributed by atoms with Crippen LogP contribution in [0, 0.1) is 20.2 Å². The van der Waals surface area contributed by atoms with Crippen LogP contribution in [0.3, 0.4) is 0 Å². The lowest BCUT2D eigenvalue weighted by Crippen LogP contribution is -2.28. The van der Waals surface area contributed by atoms with E-state index in [0.29, 0.717) is 35.8 Å². The summed E-state index contributed by atoms with van der Waals surface area (Å²) in [5, 5.41) is 24.4. The van der Waals surface area contributed by atoms with Crippen LogP contribution in [0.1, 0.15) is 86.1 Å². The number of non-ortho nitro benzene ring substituents is 2. The SMILES string of the molecule is CC(C)(C)c1ccc(COc2ccc(C3(c4ccc(OCc5ccc(C(C)(C)C)cc5)cc4)c4cc([N+](=O)[O-])ccc4-c4ccc([N+](=O)[O-])cc43)cc2)cc1. The summed E-state index contributed by atoms with van der Waals surface area (Å²) in [6.45, 7) is 13.8. The first-order valence-electron chi connectivity index (χ1n) is 18.4. The Morgan fingerprint density at radius 3 is 1.15 bits per heavy atom. The van der Waals surface area contributed by atoms with Crippen molar-refractivity contribution >= 4 is 11.4 Å². The van der Waals surface area contributed by atoms with E-state index in [1.165, 1.54) is 23.3 Å². The van der Waals surface area contributed by atoms with Gasteiger partial charge in [0.2, 0.25) is 0 Å². The molecule has 1 aliphatic rings.